The molecule has 1 aromatic rings. The lowest BCUT2D eigenvalue weighted by Crippen LogP contribution is -2.23. The van der Waals surface area contributed by atoms with Gasteiger partial charge in [0.15, 0.2) is 5.82 Å². The smallest absolute Gasteiger partial charge is 0.235 e. The first-order valence-corrected chi connectivity index (χ1v) is 8.48. The largest absolute Gasteiger partial charge is 0.345 e. The molecule has 1 saturated carbocycles. The van der Waals surface area contributed by atoms with Crippen LogP contribution in [0.2, 0.25) is 0 Å². The zero-order chi connectivity index (χ0) is 13.9. The third-order valence-corrected chi connectivity index (χ3v) is 5.49. The van der Waals surface area contributed by atoms with E-state index in [4.69, 9.17) is 4.52 Å². The highest BCUT2D eigenvalue weighted by molar-refractivity contribution is 7.99. The Kier molecular flexibility index (Phi) is 4.29. The SMILES string of the molecule is CN1CCC(SCc2noc(C3CCCCC3)n2)C1=O. The molecule has 0 aromatic carbocycles. The summed E-state index contributed by atoms with van der Waals surface area (Å²) in [6.07, 6.45) is 7.11. The number of carbonyl (C=O) groups is 1. The van der Waals surface area contributed by atoms with Crippen molar-refractivity contribution < 1.29 is 9.32 Å². The number of amides is 1. The van der Waals surface area contributed by atoms with E-state index in [0.717, 1.165) is 24.7 Å². The lowest BCUT2D eigenvalue weighted by Gasteiger charge is -2.17. The van der Waals surface area contributed by atoms with Crippen LogP contribution in [0.5, 0.6) is 0 Å². The molecule has 2 aliphatic rings. The normalized spacial score (nSPS) is 24.6. The van der Waals surface area contributed by atoms with Gasteiger partial charge in [0.1, 0.15) is 0 Å². The summed E-state index contributed by atoms with van der Waals surface area (Å²) in [5, 5.41) is 4.13. The lowest BCUT2D eigenvalue weighted by atomic mass is 9.89. The Bertz CT molecular complexity index is 471. The highest BCUT2D eigenvalue weighted by Gasteiger charge is 2.30. The number of rotatable bonds is 4. The molecular formula is C14H21N3O2S. The van der Waals surface area contributed by atoms with E-state index >= 15 is 0 Å². The number of likely N-dealkylation sites (tertiary alicyclic amines) is 1. The predicted octanol–water partition coefficient (Wildman–Crippen LogP) is 2.58. The molecule has 1 unspecified atom stereocenters. The molecule has 0 radical (unpaired) electrons. The second-order valence-corrected chi connectivity index (χ2v) is 6.92. The third-order valence-electron chi connectivity index (χ3n) is 4.23. The number of nitrogens with zero attached hydrogens (tertiary/aromatic N) is 3. The van der Waals surface area contributed by atoms with Crippen LogP contribution in [0.25, 0.3) is 0 Å². The standard InChI is InChI=1S/C14H21N3O2S/c1-17-8-7-11(14(17)18)20-9-12-15-13(19-16-12)10-5-3-2-4-6-10/h10-11H,2-9H2,1H3. The summed E-state index contributed by atoms with van der Waals surface area (Å²) in [6, 6.07) is 0. The van der Waals surface area contributed by atoms with Gasteiger partial charge in [0, 0.05) is 19.5 Å². The molecule has 2 heterocycles. The van der Waals surface area contributed by atoms with Crippen molar-refractivity contribution in [2.24, 2.45) is 0 Å². The molecule has 6 heteroatoms. The average Bonchev–Trinajstić information content (AvgIpc) is 3.07. The Balaban J connectivity index is 1.53. The number of thioether (sulfide) groups is 1. The second kappa shape index (κ2) is 6.16. The molecule has 110 valence electrons. The molecule has 3 rings (SSSR count). The molecule has 5 nitrogen and oxygen atoms in total. The maximum atomic E-state index is 11.8. The minimum absolute atomic E-state index is 0.0663. The summed E-state index contributed by atoms with van der Waals surface area (Å²) in [5.74, 6) is 2.88. The van der Waals surface area contributed by atoms with Gasteiger partial charge in [-0.2, -0.15) is 4.98 Å². The summed E-state index contributed by atoms with van der Waals surface area (Å²) in [7, 11) is 1.86. The molecule has 0 N–H and O–H groups in total. The van der Waals surface area contributed by atoms with Crippen molar-refractivity contribution in [3.05, 3.63) is 11.7 Å². The zero-order valence-electron chi connectivity index (χ0n) is 11.9. The average molecular weight is 295 g/mol. The number of carbonyl (C=O) groups excluding carboxylic acids is 1. The minimum atomic E-state index is 0.0663. The molecule has 20 heavy (non-hydrogen) atoms. The van der Waals surface area contributed by atoms with Gasteiger partial charge in [0.2, 0.25) is 11.8 Å². The van der Waals surface area contributed by atoms with E-state index in [9.17, 15) is 4.79 Å². The van der Waals surface area contributed by atoms with E-state index in [-0.39, 0.29) is 11.2 Å². The molecule has 1 atom stereocenters. The van der Waals surface area contributed by atoms with Crippen molar-refractivity contribution in [2.45, 2.75) is 55.4 Å². The second-order valence-electron chi connectivity index (χ2n) is 5.73. The van der Waals surface area contributed by atoms with E-state index in [1.54, 1.807) is 16.7 Å². The van der Waals surface area contributed by atoms with Gasteiger partial charge in [-0.3, -0.25) is 4.79 Å². The van der Waals surface area contributed by atoms with Crippen LogP contribution in [-0.2, 0) is 10.5 Å². The molecule has 1 saturated heterocycles. The van der Waals surface area contributed by atoms with Crippen LogP contribution in [0.1, 0.15) is 56.2 Å². The maximum absolute atomic E-state index is 11.8. The highest BCUT2D eigenvalue weighted by atomic mass is 32.2. The van der Waals surface area contributed by atoms with E-state index < -0.39 is 0 Å². The van der Waals surface area contributed by atoms with Gasteiger partial charge in [-0.1, -0.05) is 24.4 Å². The number of hydrogen-bond acceptors (Lipinski definition) is 5. The molecule has 0 bridgehead atoms. The molecule has 0 spiro atoms. The topological polar surface area (TPSA) is 59.2 Å². The Morgan fingerprint density at radius 3 is 2.80 bits per heavy atom. The molecule has 1 amide bonds. The first-order chi connectivity index (χ1) is 9.74. The fourth-order valence-electron chi connectivity index (χ4n) is 2.96. The molecule has 2 fully saturated rings. The van der Waals surface area contributed by atoms with Gasteiger partial charge in [0.25, 0.3) is 0 Å². The van der Waals surface area contributed by atoms with Gasteiger partial charge in [-0.25, -0.2) is 0 Å². The number of hydrogen-bond donors (Lipinski definition) is 0. The van der Waals surface area contributed by atoms with Crippen molar-refractivity contribution in [3.63, 3.8) is 0 Å². The van der Waals surface area contributed by atoms with Crippen molar-refractivity contribution in [2.75, 3.05) is 13.6 Å². The van der Waals surface area contributed by atoms with Crippen molar-refractivity contribution in [1.82, 2.24) is 15.0 Å². The Hall–Kier alpha value is -1.04. The van der Waals surface area contributed by atoms with E-state index in [1.807, 2.05) is 7.05 Å². The zero-order valence-corrected chi connectivity index (χ0v) is 12.7. The van der Waals surface area contributed by atoms with Crippen molar-refractivity contribution in [1.29, 1.82) is 0 Å². The monoisotopic (exact) mass is 295 g/mol. The molecular weight excluding hydrogens is 274 g/mol. The Morgan fingerprint density at radius 1 is 1.30 bits per heavy atom. The highest BCUT2D eigenvalue weighted by Crippen LogP contribution is 2.32. The van der Waals surface area contributed by atoms with Crippen molar-refractivity contribution in [3.8, 4) is 0 Å². The van der Waals surface area contributed by atoms with E-state index in [1.165, 1.54) is 32.1 Å². The van der Waals surface area contributed by atoms with Crippen LogP contribution in [0.15, 0.2) is 4.52 Å². The first kappa shape index (κ1) is 13.9. The summed E-state index contributed by atoms with van der Waals surface area (Å²) >= 11 is 1.63. The van der Waals surface area contributed by atoms with Gasteiger partial charge in [-0.05, 0) is 19.3 Å². The fraction of sp³-hybridized carbons (Fsp3) is 0.786. The van der Waals surface area contributed by atoms with Crippen LogP contribution in [0.4, 0.5) is 0 Å². The van der Waals surface area contributed by atoms with Crippen LogP contribution >= 0.6 is 11.8 Å². The number of aromatic nitrogens is 2. The van der Waals surface area contributed by atoms with E-state index in [2.05, 4.69) is 10.1 Å². The third kappa shape index (κ3) is 3.00. The fourth-order valence-corrected chi connectivity index (χ4v) is 4.02. The molecule has 1 aromatic heterocycles. The van der Waals surface area contributed by atoms with Gasteiger partial charge in [0.05, 0.1) is 11.0 Å². The predicted molar refractivity (Wildman–Crippen MR) is 77.5 cm³/mol. The summed E-state index contributed by atoms with van der Waals surface area (Å²) in [4.78, 5) is 18.1. The molecule has 1 aliphatic heterocycles. The lowest BCUT2D eigenvalue weighted by molar-refractivity contribution is -0.126. The van der Waals surface area contributed by atoms with Gasteiger partial charge in [-0.15, -0.1) is 11.8 Å². The van der Waals surface area contributed by atoms with Crippen molar-refractivity contribution >= 4 is 17.7 Å². The Morgan fingerprint density at radius 2 is 2.10 bits per heavy atom. The minimum Gasteiger partial charge on any atom is -0.345 e. The first-order valence-electron chi connectivity index (χ1n) is 7.43. The van der Waals surface area contributed by atoms with Gasteiger partial charge < -0.3 is 9.42 Å². The Labute approximate surface area is 123 Å². The van der Waals surface area contributed by atoms with Crippen LogP contribution in [-0.4, -0.2) is 39.8 Å². The molecule has 1 aliphatic carbocycles. The van der Waals surface area contributed by atoms with Gasteiger partial charge >= 0.3 is 0 Å². The summed E-state index contributed by atoms with van der Waals surface area (Å²) in [5.41, 5.74) is 0. The summed E-state index contributed by atoms with van der Waals surface area (Å²) < 4.78 is 5.40. The van der Waals surface area contributed by atoms with Crippen LogP contribution in [0, 0.1) is 0 Å². The summed E-state index contributed by atoms with van der Waals surface area (Å²) in [6.45, 7) is 0.857. The quantitative estimate of drug-likeness (QED) is 0.854. The van der Waals surface area contributed by atoms with Crippen LogP contribution < -0.4 is 0 Å². The van der Waals surface area contributed by atoms with Crippen LogP contribution in [0.3, 0.4) is 0 Å². The maximum Gasteiger partial charge on any atom is 0.235 e. The van der Waals surface area contributed by atoms with E-state index in [0.29, 0.717) is 11.7 Å².